The maximum absolute atomic E-state index is 2.56. The van der Waals surface area contributed by atoms with Crippen molar-refractivity contribution in [2.24, 2.45) is 0 Å². The monoisotopic (exact) mass is 289 g/mol. The van der Waals surface area contributed by atoms with Gasteiger partial charge < -0.3 is 4.57 Å². The zero-order valence-electron chi connectivity index (χ0n) is 13.5. The van der Waals surface area contributed by atoms with Crippen molar-refractivity contribution < 1.29 is 0 Å². The maximum Gasteiger partial charge on any atom is 0.0488 e. The van der Waals surface area contributed by atoms with Crippen molar-refractivity contribution in [2.75, 3.05) is 0 Å². The normalized spacial score (nSPS) is 16.6. The highest BCUT2D eigenvalue weighted by molar-refractivity contribution is 5.87. The Morgan fingerprint density at radius 1 is 0.955 bits per heavy atom. The van der Waals surface area contributed by atoms with Crippen LogP contribution in [0.5, 0.6) is 0 Å². The van der Waals surface area contributed by atoms with Crippen LogP contribution in [0.3, 0.4) is 0 Å². The molecule has 22 heavy (non-hydrogen) atoms. The second-order valence-corrected chi connectivity index (χ2v) is 7.15. The molecule has 112 valence electrons. The first-order chi connectivity index (χ1) is 10.7. The molecule has 0 spiro atoms. The van der Waals surface area contributed by atoms with E-state index >= 15 is 0 Å². The van der Waals surface area contributed by atoms with E-state index in [0.29, 0.717) is 0 Å². The predicted octanol–water partition coefficient (Wildman–Crippen LogP) is 5.30. The Balaban J connectivity index is 1.95. The number of aromatic nitrogens is 1. The molecule has 0 saturated heterocycles. The number of benzene rings is 2. The fraction of sp³-hybridized carbons (Fsp3) is 0.333. The lowest BCUT2D eigenvalue weighted by Gasteiger charge is -2.31. The van der Waals surface area contributed by atoms with E-state index < -0.39 is 0 Å². The molecule has 0 bridgehead atoms. The van der Waals surface area contributed by atoms with Crippen LogP contribution in [0.2, 0.25) is 0 Å². The Labute approximate surface area is 132 Å². The minimum atomic E-state index is 0.287. The Kier molecular flexibility index (Phi) is 3.11. The maximum atomic E-state index is 2.56. The van der Waals surface area contributed by atoms with Crippen molar-refractivity contribution in [3.05, 3.63) is 71.4 Å². The van der Waals surface area contributed by atoms with E-state index in [4.69, 9.17) is 0 Å². The highest BCUT2D eigenvalue weighted by atomic mass is 15.0. The summed E-state index contributed by atoms with van der Waals surface area (Å²) in [6.07, 6.45) is 3.80. The van der Waals surface area contributed by atoms with E-state index in [-0.39, 0.29) is 5.41 Å². The van der Waals surface area contributed by atoms with Crippen molar-refractivity contribution >= 4 is 10.9 Å². The van der Waals surface area contributed by atoms with Crippen LogP contribution in [0.15, 0.2) is 54.6 Å². The molecule has 0 atom stereocenters. The molecule has 1 aliphatic carbocycles. The van der Waals surface area contributed by atoms with Crippen molar-refractivity contribution in [1.82, 2.24) is 4.57 Å². The van der Waals surface area contributed by atoms with Crippen molar-refractivity contribution in [2.45, 2.75) is 45.1 Å². The van der Waals surface area contributed by atoms with E-state index in [0.717, 1.165) is 6.54 Å². The summed E-state index contributed by atoms with van der Waals surface area (Å²) in [5, 5.41) is 1.46. The van der Waals surface area contributed by atoms with Crippen LogP contribution in [0.4, 0.5) is 0 Å². The summed E-state index contributed by atoms with van der Waals surface area (Å²) in [7, 11) is 0. The molecule has 1 nitrogen and oxygen atoms in total. The third-order valence-electron chi connectivity index (χ3n) is 5.15. The van der Waals surface area contributed by atoms with Crippen LogP contribution in [0, 0.1) is 0 Å². The average molecular weight is 289 g/mol. The number of nitrogens with zero attached hydrogens (tertiary/aromatic N) is 1. The Bertz CT molecular complexity index is 809. The van der Waals surface area contributed by atoms with Gasteiger partial charge in [-0.1, -0.05) is 62.4 Å². The van der Waals surface area contributed by atoms with Gasteiger partial charge >= 0.3 is 0 Å². The van der Waals surface area contributed by atoms with Crippen LogP contribution in [-0.4, -0.2) is 4.57 Å². The van der Waals surface area contributed by atoms with Gasteiger partial charge in [0.25, 0.3) is 0 Å². The van der Waals surface area contributed by atoms with Gasteiger partial charge in [0.15, 0.2) is 0 Å². The molecule has 0 aliphatic heterocycles. The SMILES string of the molecule is CC1(C)CCCc2c1c1ccccc1n2Cc1ccccc1. The fourth-order valence-corrected chi connectivity index (χ4v) is 4.14. The smallest absolute Gasteiger partial charge is 0.0488 e. The summed E-state index contributed by atoms with van der Waals surface area (Å²) < 4.78 is 2.56. The molecule has 1 aliphatic rings. The minimum Gasteiger partial charge on any atom is -0.340 e. The highest BCUT2D eigenvalue weighted by Crippen LogP contribution is 2.42. The molecule has 1 aromatic heterocycles. The third kappa shape index (κ3) is 2.08. The summed E-state index contributed by atoms with van der Waals surface area (Å²) in [6, 6.07) is 19.8. The molecule has 2 aromatic carbocycles. The second-order valence-electron chi connectivity index (χ2n) is 7.15. The molecule has 0 saturated carbocycles. The number of hydrogen-bond acceptors (Lipinski definition) is 0. The molecule has 0 unspecified atom stereocenters. The van der Waals surface area contributed by atoms with Gasteiger partial charge in [0.05, 0.1) is 0 Å². The van der Waals surface area contributed by atoms with E-state index in [9.17, 15) is 0 Å². The lowest BCUT2D eigenvalue weighted by atomic mass is 9.74. The van der Waals surface area contributed by atoms with E-state index in [2.05, 4.69) is 73.0 Å². The number of para-hydroxylation sites is 1. The topological polar surface area (TPSA) is 4.93 Å². The Morgan fingerprint density at radius 2 is 1.68 bits per heavy atom. The van der Waals surface area contributed by atoms with Gasteiger partial charge in [-0.2, -0.15) is 0 Å². The zero-order valence-corrected chi connectivity index (χ0v) is 13.5. The van der Waals surface area contributed by atoms with Crippen LogP contribution < -0.4 is 0 Å². The number of hydrogen-bond donors (Lipinski definition) is 0. The molecule has 3 aromatic rings. The van der Waals surface area contributed by atoms with Crippen molar-refractivity contribution in [3.63, 3.8) is 0 Å². The first-order valence-corrected chi connectivity index (χ1v) is 8.31. The van der Waals surface area contributed by atoms with Gasteiger partial charge in [0.2, 0.25) is 0 Å². The van der Waals surface area contributed by atoms with Gasteiger partial charge in [0, 0.05) is 23.1 Å². The van der Waals surface area contributed by atoms with Gasteiger partial charge in [-0.3, -0.25) is 0 Å². The van der Waals surface area contributed by atoms with Crippen LogP contribution in [0.1, 0.15) is 43.5 Å². The summed E-state index contributed by atoms with van der Waals surface area (Å²) in [5.41, 5.74) is 6.21. The molecule has 0 fully saturated rings. The average Bonchev–Trinajstić information content (AvgIpc) is 2.84. The van der Waals surface area contributed by atoms with E-state index in [1.165, 1.54) is 35.7 Å². The molecule has 4 rings (SSSR count). The molecule has 0 N–H and O–H groups in total. The first kappa shape index (κ1) is 13.6. The third-order valence-corrected chi connectivity index (χ3v) is 5.15. The second kappa shape index (κ2) is 5.01. The molecule has 0 amide bonds. The summed E-state index contributed by atoms with van der Waals surface area (Å²) in [6.45, 7) is 5.79. The predicted molar refractivity (Wildman–Crippen MR) is 93.4 cm³/mol. The molecule has 1 heterocycles. The van der Waals surface area contributed by atoms with E-state index in [1.807, 2.05) is 0 Å². The van der Waals surface area contributed by atoms with Crippen molar-refractivity contribution in [1.29, 1.82) is 0 Å². The Morgan fingerprint density at radius 3 is 2.50 bits per heavy atom. The van der Waals surface area contributed by atoms with Gasteiger partial charge in [0.1, 0.15) is 0 Å². The highest BCUT2D eigenvalue weighted by Gasteiger charge is 2.32. The van der Waals surface area contributed by atoms with Crippen LogP contribution in [-0.2, 0) is 18.4 Å². The first-order valence-electron chi connectivity index (χ1n) is 8.31. The fourth-order valence-electron chi connectivity index (χ4n) is 4.14. The number of fused-ring (bicyclic) bond motifs is 3. The number of rotatable bonds is 2. The van der Waals surface area contributed by atoms with Gasteiger partial charge in [-0.05, 0) is 41.9 Å². The molecule has 0 radical (unpaired) electrons. The summed E-state index contributed by atoms with van der Waals surface area (Å²) >= 11 is 0. The summed E-state index contributed by atoms with van der Waals surface area (Å²) in [5.74, 6) is 0. The van der Waals surface area contributed by atoms with Gasteiger partial charge in [-0.25, -0.2) is 0 Å². The zero-order chi connectivity index (χ0) is 15.2. The quantitative estimate of drug-likeness (QED) is 0.603. The van der Waals surface area contributed by atoms with Crippen LogP contribution >= 0.6 is 0 Å². The van der Waals surface area contributed by atoms with Crippen LogP contribution in [0.25, 0.3) is 10.9 Å². The standard InChI is InChI=1S/C21H23N/c1-21(2)14-8-13-19-20(21)17-11-6-7-12-18(17)22(19)15-16-9-4-3-5-10-16/h3-7,9-12H,8,13-15H2,1-2H3. The van der Waals surface area contributed by atoms with Gasteiger partial charge in [-0.15, -0.1) is 0 Å². The lowest BCUT2D eigenvalue weighted by Crippen LogP contribution is -2.24. The minimum absolute atomic E-state index is 0.287. The molecular weight excluding hydrogens is 266 g/mol. The Hall–Kier alpha value is -2.02. The van der Waals surface area contributed by atoms with Crippen molar-refractivity contribution in [3.8, 4) is 0 Å². The largest absolute Gasteiger partial charge is 0.340 e. The molecule has 1 heteroatoms. The summed E-state index contributed by atoms with van der Waals surface area (Å²) in [4.78, 5) is 0. The lowest BCUT2D eigenvalue weighted by molar-refractivity contribution is 0.426. The molecular formula is C21H23N. The van der Waals surface area contributed by atoms with E-state index in [1.54, 1.807) is 11.3 Å².